The minimum atomic E-state index is -5.25. The second-order valence-corrected chi connectivity index (χ2v) is 7.23. The van der Waals surface area contributed by atoms with Crippen molar-refractivity contribution in [2.45, 2.75) is 24.6 Å². The molecule has 32 heavy (non-hydrogen) atoms. The first-order chi connectivity index (χ1) is 15.0. The van der Waals surface area contributed by atoms with Crippen LogP contribution < -0.4 is 0 Å². The molecule has 0 spiro atoms. The van der Waals surface area contributed by atoms with Crippen molar-refractivity contribution in [1.29, 1.82) is 5.26 Å². The van der Waals surface area contributed by atoms with Crippen molar-refractivity contribution in [2.24, 2.45) is 0 Å². The normalized spacial score (nSPS) is 14.3. The van der Waals surface area contributed by atoms with Crippen molar-refractivity contribution >= 4 is 5.97 Å². The first-order valence-corrected chi connectivity index (χ1v) is 9.43. The van der Waals surface area contributed by atoms with Gasteiger partial charge in [-0.25, -0.2) is 9.18 Å². The first-order valence-electron chi connectivity index (χ1n) is 9.43. The molecule has 0 aliphatic rings. The van der Waals surface area contributed by atoms with Crippen LogP contribution in [-0.2, 0) is 5.60 Å². The average Bonchev–Trinajstić information content (AvgIpc) is 2.77. The lowest BCUT2D eigenvalue weighted by Crippen LogP contribution is -2.47. The summed E-state index contributed by atoms with van der Waals surface area (Å²) in [6, 6.07) is 16.0. The fraction of sp³-hybridized carbons (Fsp3) is 0.167. The molecule has 164 valence electrons. The van der Waals surface area contributed by atoms with Crippen LogP contribution >= 0.6 is 0 Å². The SMILES string of the molecule is CC(c1c(-c2ccccc2)ccc(C(=O)O)c1F)C(O)(c1ccc(C#N)cc1)C(F)(F)F. The Morgan fingerprint density at radius 1 is 1.00 bits per heavy atom. The zero-order valence-electron chi connectivity index (χ0n) is 16.7. The molecule has 0 aliphatic heterocycles. The summed E-state index contributed by atoms with van der Waals surface area (Å²) < 4.78 is 58.2. The van der Waals surface area contributed by atoms with Gasteiger partial charge in [-0.05, 0) is 34.9 Å². The molecular formula is C24H17F4NO3. The minimum absolute atomic E-state index is 0.0249. The van der Waals surface area contributed by atoms with Crippen molar-refractivity contribution in [2.75, 3.05) is 0 Å². The van der Waals surface area contributed by atoms with Crippen LogP contribution in [0.2, 0.25) is 0 Å². The number of benzene rings is 3. The summed E-state index contributed by atoms with van der Waals surface area (Å²) in [5.74, 6) is -4.95. The highest BCUT2D eigenvalue weighted by Crippen LogP contribution is 2.51. The summed E-state index contributed by atoms with van der Waals surface area (Å²) in [7, 11) is 0. The van der Waals surface area contributed by atoms with Crippen LogP contribution in [0.3, 0.4) is 0 Å². The molecule has 0 amide bonds. The number of aromatic carboxylic acids is 1. The van der Waals surface area contributed by atoms with Crippen LogP contribution in [-0.4, -0.2) is 22.4 Å². The number of carbonyl (C=O) groups is 1. The highest BCUT2D eigenvalue weighted by atomic mass is 19.4. The number of carboxylic acids is 1. The van der Waals surface area contributed by atoms with Crippen LogP contribution in [0, 0.1) is 17.1 Å². The molecule has 0 aromatic heterocycles. The average molecular weight is 443 g/mol. The Kier molecular flexibility index (Phi) is 6.06. The van der Waals surface area contributed by atoms with Gasteiger partial charge in [-0.1, -0.05) is 55.5 Å². The molecule has 4 nitrogen and oxygen atoms in total. The van der Waals surface area contributed by atoms with E-state index in [0.29, 0.717) is 5.56 Å². The van der Waals surface area contributed by atoms with E-state index in [1.807, 2.05) is 0 Å². The fourth-order valence-electron chi connectivity index (χ4n) is 3.72. The molecule has 0 radical (unpaired) electrons. The van der Waals surface area contributed by atoms with Crippen LogP contribution in [0.5, 0.6) is 0 Å². The predicted molar refractivity (Wildman–Crippen MR) is 108 cm³/mol. The number of hydrogen-bond acceptors (Lipinski definition) is 3. The number of rotatable bonds is 5. The summed E-state index contributed by atoms with van der Waals surface area (Å²) in [5.41, 5.74) is -5.10. The molecule has 0 saturated carbocycles. The van der Waals surface area contributed by atoms with E-state index in [4.69, 9.17) is 5.26 Å². The monoisotopic (exact) mass is 443 g/mol. The Labute approximate surface area is 181 Å². The van der Waals surface area contributed by atoms with Gasteiger partial charge in [0.05, 0.1) is 17.2 Å². The molecule has 8 heteroatoms. The molecule has 0 fully saturated rings. The fourth-order valence-corrected chi connectivity index (χ4v) is 3.72. The topological polar surface area (TPSA) is 81.3 Å². The van der Waals surface area contributed by atoms with Gasteiger partial charge in [0, 0.05) is 11.5 Å². The maximum Gasteiger partial charge on any atom is 0.422 e. The quantitative estimate of drug-likeness (QED) is 0.502. The molecule has 0 bridgehead atoms. The Bertz CT molecular complexity index is 1180. The third-order valence-electron chi connectivity index (χ3n) is 5.44. The summed E-state index contributed by atoms with van der Waals surface area (Å²) >= 11 is 0. The molecule has 0 heterocycles. The summed E-state index contributed by atoms with van der Waals surface area (Å²) in [6.07, 6.45) is -5.25. The van der Waals surface area contributed by atoms with E-state index in [1.54, 1.807) is 36.4 Å². The number of carboxylic acid groups (broad SMARTS) is 1. The molecular weight excluding hydrogens is 426 g/mol. The highest BCUT2D eigenvalue weighted by Gasteiger charge is 2.59. The molecule has 2 N–H and O–H groups in total. The maximum absolute atomic E-state index is 15.4. The Balaban J connectivity index is 2.33. The Morgan fingerprint density at radius 2 is 1.59 bits per heavy atom. The molecule has 3 aromatic carbocycles. The van der Waals surface area contributed by atoms with Crippen LogP contribution in [0.1, 0.15) is 39.9 Å². The van der Waals surface area contributed by atoms with E-state index in [0.717, 1.165) is 37.3 Å². The van der Waals surface area contributed by atoms with E-state index in [-0.39, 0.29) is 11.1 Å². The van der Waals surface area contributed by atoms with E-state index >= 15 is 4.39 Å². The molecule has 2 unspecified atom stereocenters. The van der Waals surface area contributed by atoms with Crippen LogP contribution in [0.4, 0.5) is 17.6 Å². The number of alkyl halides is 3. The second kappa shape index (κ2) is 8.44. The van der Waals surface area contributed by atoms with Gasteiger partial charge >= 0.3 is 12.1 Å². The molecule has 3 aromatic rings. The molecule has 0 saturated heterocycles. The summed E-state index contributed by atoms with van der Waals surface area (Å²) in [5, 5.41) is 29.2. The first kappa shape index (κ1) is 23.0. The van der Waals surface area contributed by atoms with E-state index in [2.05, 4.69) is 0 Å². The zero-order chi connectivity index (χ0) is 23.7. The van der Waals surface area contributed by atoms with Gasteiger partial charge in [0.25, 0.3) is 0 Å². The molecule has 2 atom stereocenters. The maximum atomic E-state index is 15.4. The standard InChI is InChI=1S/C24H17F4NO3/c1-14(23(32,24(26,27)28)17-9-7-15(13-29)8-10-17)20-18(16-5-3-2-4-6-16)11-12-19(21(20)25)22(30)31/h2-12,14,32H,1H3,(H,30,31). The van der Waals surface area contributed by atoms with Gasteiger partial charge in [-0.2, -0.15) is 18.4 Å². The third-order valence-corrected chi connectivity index (χ3v) is 5.44. The number of nitrogens with zero attached hydrogens (tertiary/aromatic N) is 1. The van der Waals surface area contributed by atoms with E-state index in [9.17, 15) is 28.2 Å². The van der Waals surface area contributed by atoms with Crippen LogP contribution in [0.15, 0.2) is 66.7 Å². The van der Waals surface area contributed by atoms with E-state index < -0.39 is 46.2 Å². The smallest absolute Gasteiger partial charge is 0.422 e. The van der Waals surface area contributed by atoms with Crippen molar-refractivity contribution < 1.29 is 32.6 Å². The van der Waals surface area contributed by atoms with E-state index in [1.165, 1.54) is 6.07 Å². The molecule has 3 rings (SSSR count). The van der Waals surface area contributed by atoms with Gasteiger partial charge in [0.2, 0.25) is 0 Å². The van der Waals surface area contributed by atoms with Crippen molar-refractivity contribution in [3.63, 3.8) is 0 Å². The lowest BCUT2D eigenvalue weighted by Gasteiger charge is -2.37. The van der Waals surface area contributed by atoms with Gasteiger partial charge in [0.15, 0.2) is 5.60 Å². The van der Waals surface area contributed by atoms with Gasteiger partial charge in [-0.15, -0.1) is 0 Å². The number of nitriles is 1. The van der Waals surface area contributed by atoms with Gasteiger partial charge in [-0.3, -0.25) is 0 Å². The van der Waals surface area contributed by atoms with Gasteiger partial charge in [0.1, 0.15) is 5.82 Å². The minimum Gasteiger partial charge on any atom is -0.478 e. The highest BCUT2D eigenvalue weighted by molar-refractivity contribution is 5.89. The van der Waals surface area contributed by atoms with Crippen molar-refractivity contribution in [3.05, 3.63) is 94.8 Å². The predicted octanol–water partition coefficient (Wildman–Crippen LogP) is 5.62. The van der Waals surface area contributed by atoms with Crippen molar-refractivity contribution in [3.8, 4) is 17.2 Å². The number of halogens is 4. The Hall–Kier alpha value is -3.70. The summed E-state index contributed by atoms with van der Waals surface area (Å²) in [4.78, 5) is 11.5. The van der Waals surface area contributed by atoms with Crippen molar-refractivity contribution in [1.82, 2.24) is 0 Å². The lowest BCUT2D eigenvalue weighted by atomic mass is 9.75. The Morgan fingerprint density at radius 3 is 2.09 bits per heavy atom. The second-order valence-electron chi connectivity index (χ2n) is 7.23. The lowest BCUT2D eigenvalue weighted by molar-refractivity contribution is -0.274. The number of hydrogen-bond donors (Lipinski definition) is 2. The molecule has 0 aliphatic carbocycles. The number of aliphatic hydroxyl groups is 1. The van der Waals surface area contributed by atoms with Gasteiger partial charge < -0.3 is 10.2 Å². The zero-order valence-corrected chi connectivity index (χ0v) is 16.7. The van der Waals surface area contributed by atoms with Crippen LogP contribution in [0.25, 0.3) is 11.1 Å². The largest absolute Gasteiger partial charge is 0.478 e. The summed E-state index contributed by atoms with van der Waals surface area (Å²) in [6.45, 7) is 0.988. The third kappa shape index (κ3) is 3.83.